The first-order valence-corrected chi connectivity index (χ1v) is 12.3. The highest BCUT2D eigenvalue weighted by Crippen LogP contribution is 2.49. The van der Waals surface area contributed by atoms with E-state index in [-0.39, 0.29) is 5.41 Å². The summed E-state index contributed by atoms with van der Waals surface area (Å²) in [5.41, 5.74) is 7.10. The predicted octanol–water partition coefficient (Wildman–Crippen LogP) is 5.74. The summed E-state index contributed by atoms with van der Waals surface area (Å²) in [6, 6.07) is 26.1. The van der Waals surface area contributed by atoms with Crippen LogP contribution in [0.3, 0.4) is 0 Å². The fraction of sp³-hybridized carbons (Fsp3) is 0.333. The fourth-order valence-corrected chi connectivity index (χ4v) is 6.38. The molecule has 0 radical (unpaired) electrons. The summed E-state index contributed by atoms with van der Waals surface area (Å²) in [6.45, 7) is 3.17. The quantitative estimate of drug-likeness (QED) is 0.419. The number of rotatable bonds is 5. The Hall–Kier alpha value is -3.24. The average molecular weight is 453 g/mol. The minimum absolute atomic E-state index is 0.124. The molecule has 0 spiro atoms. The van der Waals surface area contributed by atoms with E-state index in [1.54, 1.807) is 14.2 Å². The maximum Gasteiger partial charge on any atom is 0.119 e. The Morgan fingerprint density at radius 2 is 1.76 bits per heavy atom. The van der Waals surface area contributed by atoms with Crippen LogP contribution in [-0.4, -0.2) is 37.2 Å². The zero-order valence-electron chi connectivity index (χ0n) is 20.0. The molecule has 1 saturated heterocycles. The molecule has 1 aromatic heterocycles. The molecule has 4 nitrogen and oxygen atoms in total. The topological polar surface area (TPSA) is 37.5 Å². The molecule has 4 heteroatoms. The van der Waals surface area contributed by atoms with Crippen LogP contribution in [0.2, 0.25) is 0 Å². The number of hydrogen-bond acceptors (Lipinski definition) is 3. The third-order valence-electron chi connectivity index (χ3n) is 8.19. The molecule has 2 heterocycles. The first kappa shape index (κ1) is 21.3. The molecule has 2 aliphatic rings. The average Bonchev–Trinajstić information content (AvgIpc) is 3.25. The van der Waals surface area contributed by atoms with Gasteiger partial charge in [-0.1, -0.05) is 42.5 Å². The zero-order chi connectivity index (χ0) is 23.1. The molecule has 174 valence electrons. The van der Waals surface area contributed by atoms with Crippen LogP contribution in [0, 0.1) is 5.92 Å². The highest BCUT2D eigenvalue weighted by atomic mass is 16.5. The van der Waals surface area contributed by atoms with Gasteiger partial charge in [-0.05, 0) is 78.7 Å². The number of methoxy groups -OCH3 is 2. The van der Waals surface area contributed by atoms with Crippen molar-refractivity contribution >= 4 is 10.9 Å². The van der Waals surface area contributed by atoms with Crippen LogP contribution in [0.15, 0.2) is 72.8 Å². The van der Waals surface area contributed by atoms with Gasteiger partial charge < -0.3 is 14.5 Å². The number of H-pyrrole nitrogens is 1. The first-order chi connectivity index (χ1) is 16.7. The molecular formula is C30H32N2O2. The molecule has 3 aromatic carbocycles. The Balaban J connectivity index is 1.36. The number of aromatic amines is 1. The fourth-order valence-electron chi connectivity index (χ4n) is 6.38. The van der Waals surface area contributed by atoms with E-state index in [4.69, 9.17) is 9.47 Å². The molecule has 2 atom stereocenters. The van der Waals surface area contributed by atoms with Gasteiger partial charge in [0, 0.05) is 35.1 Å². The number of nitrogens with one attached hydrogen (secondary N) is 1. The van der Waals surface area contributed by atoms with Crippen molar-refractivity contribution in [2.75, 3.05) is 27.3 Å². The van der Waals surface area contributed by atoms with E-state index >= 15 is 0 Å². The van der Waals surface area contributed by atoms with E-state index in [2.05, 4.69) is 82.7 Å². The lowest BCUT2D eigenvalue weighted by atomic mass is 9.58. The molecule has 0 saturated carbocycles. The molecule has 1 aliphatic carbocycles. The van der Waals surface area contributed by atoms with Crippen LogP contribution in [0.4, 0.5) is 0 Å². The SMILES string of the molecule is COc1ccc(CN2CCC3(c4cccc(OC)c4)Cc4[nH]c5ccccc5c4CC3C2)cc1. The lowest BCUT2D eigenvalue weighted by molar-refractivity contribution is 0.0765. The van der Waals surface area contributed by atoms with Gasteiger partial charge in [0.2, 0.25) is 0 Å². The highest BCUT2D eigenvalue weighted by Gasteiger charge is 2.48. The van der Waals surface area contributed by atoms with Crippen molar-refractivity contribution in [3.63, 3.8) is 0 Å². The van der Waals surface area contributed by atoms with E-state index in [0.29, 0.717) is 5.92 Å². The second-order valence-electron chi connectivity index (χ2n) is 9.93. The van der Waals surface area contributed by atoms with Gasteiger partial charge in [0.1, 0.15) is 11.5 Å². The third kappa shape index (κ3) is 3.57. The number of likely N-dealkylation sites (tertiary alicyclic amines) is 1. The summed E-state index contributed by atoms with van der Waals surface area (Å²) in [4.78, 5) is 6.42. The van der Waals surface area contributed by atoms with Crippen molar-refractivity contribution in [3.05, 3.63) is 95.2 Å². The zero-order valence-corrected chi connectivity index (χ0v) is 20.0. The van der Waals surface area contributed by atoms with Crippen LogP contribution in [-0.2, 0) is 24.8 Å². The summed E-state index contributed by atoms with van der Waals surface area (Å²) < 4.78 is 11.0. The van der Waals surface area contributed by atoms with Gasteiger partial charge in [-0.25, -0.2) is 0 Å². The number of piperidine rings is 1. The monoisotopic (exact) mass is 452 g/mol. The Labute approximate surface area is 201 Å². The molecule has 0 bridgehead atoms. The van der Waals surface area contributed by atoms with E-state index < -0.39 is 0 Å². The maximum atomic E-state index is 5.63. The van der Waals surface area contributed by atoms with Gasteiger partial charge in [0.15, 0.2) is 0 Å². The van der Waals surface area contributed by atoms with Gasteiger partial charge >= 0.3 is 0 Å². The Morgan fingerprint density at radius 1 is 0.941 bits per heavy atom. The number of ether oxygens (including phenoxy) is 2. The standard InChI is InChI=1S/C30H32N2O2/c1-33-24-12-10-21(11-13-24)19-32-15-14-30(22-6-5-7-25(16-22)34-2)18-29-27(17-23(30)20-32)26-8-3-4-9-28(26)31-29/h3-13,16,23,31H,14-15,17-20H2,1-2H3. The van der Waals surface area contributed by atoms with Crippen molar-refractivity contribution in [2.45, 2.75) is 31.2 Å². The van der Waals surface area contributed by atoms with Gasteiger partial charge in [-0.2, -0.15) is 0 Å². The lowest BCUT2D eigenvalue weighted by Crippen LogP contribution is -2.53. The lowest BCUT2D eigenvalue weighted by Gasteiger charge is -2.51. The number of aromatic nitrogens is 1. The largest absolute Gasteiger partial charge is 0.497 e. The molecule has 0 amide bonds. The van der Waals surface area contributed by atoms with E-state index in [1.807, 2.05) is 0 Å². The Morgan fingerprint density at radius 3 is 2.59 bits per heavy atom. The van der Waals surface area contributed by atoms with Crippen molar-refractivity contribution in [1.29, 1.82) is 0 Å². The van der Waals surface area contributed by atoms with Gasteiger partial charge in [-0.3, -0.25) is 4.90 Å². The second kappa shape index (κ2) is 8.52. The molecule has 2 unspecified atom stereocenters. The smallest absolute Gasteiger partial charge is 0.119 e. The summed E-state index contributed by atoms with van der Waals surface area (Å²) in [6.07, 6.45) is 3.32. The van der Waals surface area contributed by atoms with Crippen LogP contribution in [0.5, 0.6) is 11.5 Å². The summed E-state index contributed by atoms with van der Waals surface area (Å²) in [5.74, 6) is 2.42. The maximum absolute atomic E-state index is 5.63. The van der Waals surface area contributed by atoms with Crippen molar-refractivity contribution < 1.29 is 9.47 Å². The Kier molecular flexibility index (Phi) is 5.34. The highest BCUT2D eigenvalue weighted by molar-refractivity contribution is 5.85. The molecule has 1 aliphatic heterocycles. The van der Waals surface area contributed by atoms with E-state index in [9.17, 15) is 0 Å². The molecular weight excluding hydrogens is 420 g/mol. The minimum atomic E-state index is 0.124. The number of hydrogen-bond donors (Lipinski definition) is 1. The number of benzene rings is 3. The summed E-state index contributed by atoms with van der Waals surface area (Å²) >= 11 is 0. The van der Waals surface area contributed by atoms with E-state index in [1.165, 1.54) is 33.3 Å². The summed E-state index contributed by atoms with van der Waals surface area (Å²) in [5, 5.41) is 1.39. The van der Waals surface area contributed by atoms with Crippen molar-refractivity contribution in [1.82, 2.24) is 9.88 Å². The molecule has 1 N–H and O–H groups in total. The number of para-hydroxylation sites is 1. The third-order valence-corrected chi connectivity index (χ3v) is 8.19. The molecule has 6 rings (SSSR count). The van der Waals surface area contributed by atoms with E-state index in [0.717, 1.165) is 50.4 Å². The van der Waals surface area contributed by atoms with Crippen molar-refractivity contribution in [3.8, 4) is 11.5 Å². The van der Waals surface area contributed by atoms with Crippen molar-refractivity contribution in [2.24, 2.45) is 5.92 Å². The van der Waals surface area contributed by atoms with Crippen LogP contribution in [0.25, 0.3) is 10.9 Å². The summed E-state index contributed by atoms with van der Waals surface area (Å²) in [7, 11) is 3.49. The van der Waals surface area contributed by atoms with Crippen LogP contribution in [0.1, 0.15) is 28.8 Å². The molecule has 4 aromatic rings. The van der Waals surface area contributed by atoms with Crippen LogP contribution < -0.4 is 9.47 Å². The normalized spacial score (nSPS) is 22.2. The van der Waals surface area contributed by atoms with Gasteiger partial charge in [0.05, 0.1) is 14.2 Å². The minimum Gasteiger partial charge on any atom is -0.497 e. The second-order valence-corrected chi connectivity index (χ2v) is 9.93. The Bertz CT molecular complexity index is 1310. The van der Waals surface area contributed by atoms with Crippen LogP contribution >= 0.6 is 0 Å². The molecule has 1 fully saturated rings. The van der Waals surface area contributed by atoms with Gasteiger partial charge in [0.25, 0.3) is 0 Å². The predicted molar refractivity (Wildman–Crippen MR) is 137 cm³/mol. The first-order valence-electron chi connectivity index (χ1n) is 12.3. The van der Waals surface area contributed by atoms with Gasteiger partial charge in [-0.15, -0.1) is 0 Å². The molecule has 34 heavy (non-hydrogen) atoms. The number of nitrogens with zero attached hydrogens (tertiary/aromatic N) is 1. The number of fused-ring (bicyclic) bond motifs is 4.